The Bertz CT molecular complexity index is 613. The van der Waals surface area contributed by atoms with E-state index in [2.05, 4.69) is 5.32 Å². The third-order valence-electron chi connectivity index (χ3n) is 2.59. The minimum absolute atomic E-state index is 0.0128. The Labute approximate surface area is 109 Å². The van der Waals surface area contributed by atoms with Gasteiger partial charge in [-0.3, -0.25) is 0 Å². The number of carboxylic acid groups (broad SMARTS) is 1. The molecule has 0 spiro atoms. The van der Waals surface area contributed by atoms with E-state index in [1.165, 1.54) is 19.2 Å². The van der Waals surface area contributed by atoms with Gasteiger partial charge in [-0.1, -0.05) is 12.1 Å². The van der Waals surface area contributed by atoms with E-state index in [1.807, 2.05) is 0 Å². The molecule has 4 nitrogen and oxygen atoms in total. The number of benzene rings is 2. The van der Waals surface area contributed by atoms with Crippen molar-refractivity contribution in [3.8, 4) is 5.75 Å². The van der Waals surface area contributed by atoms with Crippen molar-refractivity contribution in [3.63, 3.8) is 0 Å². The Morgan fingerprint density at radius 2 is 1.95 bits per heavy atom. The molecular formula is C14H12FNO3. The van der Waals surface area contributed by atoms with Gasteiger partial charge in [0.2, 0.25) is 0 Å². The number of aromatic carboxylic acids is 1. The van der Waals surface area contributed by atoms with Crippen LogP contribution in [0.5, 0.6) is 5.75 Å². The van der Waals surface area contributed by atoms with Crippen LogP contribution in [0.25, 0.3) is 0 Å². The number of methoxy groups -OCH3 is 1. The molecular weight excluding hydrogens is 249 g/mol. The standard InChI is InChI=1S/C14H12FNO3/c1-19-13-5-3-2-4-11(13)16-12-8-9(14(17)18)6-7-10(12)15/h2-8,16H,1H3,(H,17,18). The first kappa shape index (κ1) is 12.9. The monoisotopic (exact) mass is 261 g/mol. The van der Waals surface area contributed by atoms with Crippen LogP contribution >= 0.6 is 0 Å². The largest absolute Gasteiger partial charge is 0.495 e. The van der Waals surface area contributed by atoms with Gasteiger partial charge in [-0.05, 0) is 30.3 Å². The van der Waals surface area contributed by atoms with Crippen LogP contribution < -0.4 is 10.1 Å². The summed E-state index contributed by atoms with van der Waals surface area (Å²) in [6, 6.07) is 10.6. The quantitative estimate of drug-likeness (QED) is 0.886. The summed E-state index contributed by atoms with van der Waals surface area (Å²) in [5, 5.41) is 11.7. The van der Waals surface area contributed by atoms with E-state index in [0.29, 0.717) is 11.4 Å². The molecule has 0 unspecified atom stereocenters. The molecule has 0 heterocycles. The Morgan fingerprint density at radius 1 is 1.21 bits per heavy atom. The topological polar surface area (TPSA) is 58.6 Å². The highest BCUT2D eigenvalue weighted by Crippen LogP contribution is 2.28. The average Bonchev–Trinajstić information content (AvgIpc) is 2.41. The smallest absolute Gasteiger partial charge is 0.335 e. The summed E-state index contributed by atoms with van der Waals surface area (Å²) >= 11 is 0. The molecule has 0 saturated heterocycles. The Balaban J connectivity index is 2.37. The maximum absolute atomic E-state index is 13.7. The first-order valence-corrected chi connectivity index (χ1v) is 5.54. The second kappa shape index (κ2) is 5.39. The molecule has 0 fully saturated rings. The fourth-order valence-electron chi connectivity index (χ4n) is 1.65. The zero-order chi connectivity index (χ0) is 13.8. The second-order valence-corrected chi connectivity index (χ2v) is 3.83. The molecule has 0 bridgehead atoms. The summed E-state index contributed by atoms with van der Waals surface area (Å²) in [6.45, 7) is 0. The SMILES string of the molecule is COc1ccccc1Nc1cc(C(=O)O)ccc1F. The van der Waals surface area contributed by atoms with E-state index in [9.17, 15) is 9.18 Å². The normalized spacial score (nSPS) is 10.0. The number of carbonyl (C=O) groups is 1. The van der Waals surface area contributed by atoms with E-state index in [4.69, 9.17) is 9.84 Å². The van der Waals surface area contributed by atoms with Crippen molar-refractivity contribution in [1.82, 2.24) is 0 Å². The number of rotatable bonds is 4. The summed E-state index contributed by atoms with van der Waals surface area (Å²) in [7, 11) is 1.50. The van der Waals surface area contributed by atoms with Crippen LogP contribution in [0.3, 0.4) is 0 Å². The van der Waals surface area contributed by atoms with E-state index in [0.717, 1.165) is 6.07 Å². The molecule has 0 amide bonds. The van der Waals surface area contributed by atoms with Crippen molar-refractivity contribution in [2.75, 3.05) is 12.4 Å². The van der Waals surface area contributed by atoms with Crippen molar-refractivity contribution in [1.29, 1.82) is 0 Å². The molecule has 0 atom stereocenters. The molecule has 2 rings (SSSR count). The Hall–Kier alpha value is -2.56. The highest BCUT2D eigenvalue weighted by molar-refractivity contribution is 5.89. The summed E-state index contributed by atoms with van der Waals surface area (Å²) in [4.78, 5) is 10.9. The van der Waals surface area contributed by atoms with Gasteiger partial charge in [0.05, 0.1) is 24.0 Å². The number of anilines is 2. The Kier molecular flexibility index (Phi) is 3.66. The van der Waals surface area contributed by atoms with Crippen LogP contribution in [0.4, 0.5) is 15.8 Å². The molecule has 2 N–H and O–H groups in total. The van der Waals surface area contributed by atoms with Crippen LogP contribution in [-0.2, 0) is 0 Å². The molecule has 0 aromatic heterocycles. The van der Waals surface area contributed by atoms with Gasteiger partial charge in [0, 0.05) is 0 Å². The van der Waals surface area contributed by atoms with Crippen LogP contribution in [-0.4, -0.2) is 18.2 Å². The van der Waals surface area contributed by atoms with Gasteiger partial charge >= 0.3 is 5.97 Å². The number of nitrogens with one attached hydrogen (secondary N) is 1. The van der Waals surface area contributed by atoms with Crippen molar-refractivity contribution < 1.29 is 19.0 Å². The van der Waals surface area contributed by atoms with Gasteiger partial charge in [-0.15, -0.1) is 0 Å². The maximum Gasteiger partial charge on any atom is 0.335 e. The number of para-hydroxylation sites is 2. The highest BCUT2D eigenvalue weighted by Gasteiger charge is 2.10. The number of hydrogen-bond donors (Lipinski definition) is 2. The molecule has 5 heteroatoms. The summed E-state index contributed by atoms with van der Waals surface area (Å²) in [5.41, 5.74) is 0.662. The third-order valence-corrected chi connectivity index (χ3v) is 2.59. The van der Waals surface area contributed by atoms with Crippen LogP contribution in [0.1, 0.15) is 10.4 Å². The molecule has 2 aromatic carbocycles. The predicted molar refractivity (Wildman–Crippen MR) is 69.6 cm³/mol. The van der Waals surface area contributed by atoms with Gasteiger partial charge in [0.25, 0.3) is 0 Å². The zero-order valence-electron chi connectivity index (χ0n) is 10.2. The van der Waals surface area contributed by atoms with Crippen LogP contribution in [0.15, 0.2) is 42.5 Å². The first-order valence-electron chi connectivity index (χ1n) is 5.54. The highest BCUT2D eigenvalue weighted by atomic mass is 19.1. The second-order valence-electron chi connectivity index (χ2n) is 3.83. The van der Waals surface area contributed by atoms with E-state index < -0.39 is 11.8 Å². The summed E-state index contributed by atoms with van der Waals surface area (Å²) < 4.78 is 18.8. The predicted octanol–water partition coefficient (Wildman–Crippen LogP) is 3.28. The molecule has 0 aliphatic heterocycles. The fraction of sp³-hybridized carbons (Fsp3) is 0.0714. The number of hydrogen-bond acceptors (Lipinski definition) is 3. The van der Waals surface area contributed by atoms with Crippen molar-refractivity contribution >= 4 is 17.3 Å². The molecule has 0 saturated carbocycles. The fourth-order valence-corrected chi connectivity index (χ4v) is 1.65. The van der Waals surface area contributed by atoms with Gasteiger partial charge in [0.1, 0.15) is 11.6 Å². The van der Waals surface area contributed by atoms with Gasteiger partial charge in [0.15, 0.2) is 0 Å². The Morgan fingerprint density at radius 3 is 2.63 bits per heavy atom. The lowest BCUT2D eigenvalue weighted by Gasteiger charge is -2.12. The molecule has 2 aromatic rings. The maximum atomic E-state index is 13.7. The summed E-state index contributed by atoms with van der Waals surface area (Å²) in [6.07, 6.45) is 0. The zero-order valence-corrected chi connectivity index (χ0v) is 10.2. The van der Waals surface area contributed by atoms with Crippen LogP contribution in [0, 0.1) is 5.82 Å². The van der Waals surface area contributed by atoms with Gasteiger partial charge < -0.3 is 15.2 Å². The van der Waals surface area contributed by atoms with E-state index in [1.54, 1.807) is 24.3 Å². The van der Waals surface area contributed by atoms with Gasteiger partial charge in [-0.25, -0.2) is 9.18 Å². The van der Waals surface area contributed by atoms with Gasteiger partial charge in [-0.2, -0.15) is 0 Å². The molecule has 19 heavy (non-hydrogen) atoms. The lowest BCUT2D eigenvalue weighted by atomic mass is 10.2. The minimum Gasteiger partial charge on any atom is -0.495 e. The van der Waals surface area contributed by atoms with E-state index in [-0.39, 0.29) is 11.3 Å². The summed E-state index contributed by atoms with van der Waals surface area (Å²) in [5.74, 6) is -1.10. The van der Waals surface area contributed by atoms with Crippen LogP contribution in [0.2, 0.25) is 0 Å². The van der Waals surface area contributed by atoms with E-state index >= 15 is 0 Å². The molecule has 0 aliphatic rings. The number of halogens is 1. The average molecular weight is 261 g/mol. The first-order chi connectivity index (χ1) is 9.11. The third kappa shape index (κ3) is 2.82. The number of ether oxygens (including phenoxy) is 1. The molecule has 0 radical (unpaired) electrons. The van der Waals surface area contributed by atoms with Crippen molar-refractivity contribution in [2.24, 2.45) is 0 Å². The lowest BCUT2D eigenvalue weighted by Crippen LogP contribution is -2.01. The molecule has 0 aliphatic carbocycles. The minimum atomic E-state index is -1.11. The lowest BCUT2D eigenvalue weighted by molar-refractivity contribution is 0.0697. The van der Waals surface area contributed by atoms with Crippen molar-refractivity contribution in [3.05, 3.63) is 53.8 Å². The van der Waals surface area contributed by atoms with Crippen molar-refractivity contribution in [2.45, 2.75) is 0 Å². The molecule has 98 valence electrons. The number of carboxylic acids is 1.